The Bertz CT molecular complexity index is 1240. The van der Waals surface area contributed by atoms with Crippen LogP contribution in [0.1, 0.15) is 42.3 Å². The molecule has 6 rings (SSSR count). The summed E-state index contributed by atoms with van der Waals surface area (Å²) in [7, 11) is 1.97. The molecule has 2 unspecified atom stereocenters. The second-order valence-corrected chi connectivity index (χ2v) is 11.4. The summed E-state index contributed by atoms with van der Waals surface area (Å²) < 4.78 is 9.50. The fourth-order valence-corrected chi connectivity index (χ4v) is 7.03. The second-order valence-electron chi connectivity index (χ2n) is 11.4. The third kappa shape index (κ3) is 5.02. The molecule has 0 saturated carbocycles. The number of piperazine rings is 1. The highest BCUT2D eigenvalue weighted by molar-refractivity contribution is 5.30. The summed E-state index contributed by atoms with van der Waals surface area (Å²) in [6, 6.07) is 7.83. The van der Waals surface area contributed by atoms with Crippen LogP contribution in [0.4, 0.5) is 0 Å². The van der Waals surface area contributed by atoms with Gasteiger partial charge in [-0.05, 0) is 31.2 Å². The van der Waals surface area contributed by atoms with Gasteiger partial charge in [0.2, 0.25) is 5.43 Å². The number of fused-ring (bicyclic) bond motifs is 4. The minimum absolute atomic E-state index is 0.0971. The fourth-order valence-electron chi connectivity index (χ4n) is 7.03. The molecule has 3 saturated heterocycles. The topological polar surface area (TPSA) is 83.2 Å². The van der Waals surface area contributed by atoms with E-state index in [-0.39, 0.29) is 16.7 Å². The number of ether oxygens (including phenoxy) is 1. The van der Waals surface area contributed by atoms with Crippen molar-refractivity contribution in [1.29, 1.82) is 0 Å². The van der Waals surface area contributed by atoms with Crippen LogP contribution in [0.2, 0.25) is 0 Å². The lowest BCUT2D eigenvalue weighted by atomic mass is 9.83. The minimum atomic E-state index is -0.293. The van der Waals surface area contributed by atoms with Crippen molar-refractivity contribution in [2.45, 2.75) is 50.9 Å². The average molecular weight is 510 g/mol. The lowest BCUT2D eigenvalue weighted by Gasteiger charge is -2.43. The van der Waals surface area contributed by atoms with E-state index in [9.17, 15) is 14.7 Å². The molecule has 200 valence electrons. The largest absolute Gasteiger partial charge is 0.503 e. The summed E-state index contributed by atoms with van der Waals surface area (Å²) in [5.74, 6) is 0.649. The Labute approximate surface area is 217 Å². The molecule has 0 amide bonds. The molecular formula is C28H39N5O4. The SMILES string of the molecule is Cn1c(CN2CC3CC(C2)c2cccc(=O)n2C3)cc(=O)c(O)c1CN1CCN(C2CCOCC2)CC1. The minimum Gasteiger partial charge on any atom is -0.503 e. The van der Waals surface area contributed by atoms with Gasteiger partial charge in [-0.3, -0.25) is 24.3 Å². The third-order valence-electron chi connectivity index (χ3n) is 9.07. The van der Waals surface area contributed by atoms with E-state index in [2.05, 4.69) is 20.8 Å². The summed E-state index contributed by atoms with van der Waals surface area (Å²) in [5.41, 5.74) is 2.58. The van der Waals surface area contributed by atoms with E-state index in [0.717, 1.165) is 89.7 Å². The van der Waals surface area contributed by atoms with E-state index in [1.165, 1.54) is 0 Å². The summed E-state index contributed by atoms with van der Waals surface area (Å²) in [4.78, 5) is 32.5. The van der Waals surface area contributed by atoms with Gasteiger partial charge in [0, 0.05) is 115 Å². The van der Waals surface area contributed by atoms with Crippen molar-refractivity contribution >= 4 is 0 Å². The predicted molar refractivity (Wildman–Crippen MR) is 141 cm³/mol. The maximum atomic E-state index is 12.8. The monoisotopic (exact) mass is 509 g/mol. The number of hydrogen-bond donors (Lipinski definition) is 1. The highest BCUT2D eigenvalue weighted by Gasteiger charge is 2.35. The van der Waals surface area contributed by atoms with Crippen LogP contribution in [-0.2, 0) is 31.4 Å². The van der Waals surface area contributed by atoms with Gasteiger partial charge < -0.3 is 19.0 Å². The maximum Gasteiger partial charge on any atom is 0.250 e. The van der Waals surface area contributed by atoms with Crippen LogP contribution in [-0.4, -0.2) is 87.5 Å². The Morgan fingerprint density at radius 2 is 1.76 bits per heavy atom. The first-order chi connectivity index (χ1) is 18.0. The molecule has 2 bridgehead atoms. The van der Waals surface area contributed by atoms with Crippen molar-refractivity contribution < 1.29 is 9.84 Å². The van der Waals surface area contributed by atoms with Crippen molar-refractivity contribution in [3.63, 3.8) is 0 Å². The van der Waals surface area contributed by atoms with Gasteiger partial charge in [0.1, 0.15) is 0 Å². The van der Waals surface area contributed by atoms with E-state index in [0.29, 0.717) is 36.7 Å². The Balaban J connectivity index is 1.14. The fraction of sp³-hybridized carbons (Fsp3) is 0.643. The molecule has 9 nitrogen and oxygen atoms in total. The summed E-state index contributed by atoms with van der Waals surface area (Å²) in [5, 5.41) is 10.7. The zero-order valence-electron chi connectivity index (χ0n) is 21.8. The van der Waals surface area contributed by atoms with Gasteiger partial charge >= 0.3 is 0 Å². The molecule has 37 heavy (non-hydrogen) atoms. The highest BCUT2D eigenvalue weighted by Crippen LogP contribution is 2.35. The molecule has 0 aliphatic carbocycles. The van der Waals surface area contributed by atoms with Crippen LogP contribution in [0.25, 0.3) is 0 Å². The van der Waals surface area contributed by atoms with Crippen molar-refractivity contribution in [2.24, 2.45) is 13.0 Å². The number of likely N-dealkylation sites (tertiary alicyclic amines) is 1. The Morgan fingerprint density at radius 3 is 2.54 bits per heavy atom. The van der Waals surface area contributed by atoms with E-state index < -0.39 is 0 Å². The van der Waals surface area contributed by atoms with Crippen molar-refractivity contribution in [3.8, 4) is 5.75 Å². The lowest BCUT2D eigenvalue weighted by molar-refractivity contribution is 0.0121. The van der Waals surface area contributed by atoms with Crippen molar-refractivity contribution in [3.05, 3.63) is 61.9 Å². The zero-order valence-corrected chi connectivity index (χ0v) is 21.8. The summed E-state index contributed by atoms with van der Waals surface area (Å²) in [6.45, 7) is 9.41. The molecule has 2 aromatic heterocycles. The molecule has 0 aromatic carbocycles. The number of aromatic nitrogens is 2. The number of aromatic hydroxyl groups is 1. The molecule has 9 heteroatoms. The lowest BCUT2D eigenvalue weighted by Crippen LogP contribution is -2.51. The average Bonchev–Trinajstić information content (AvgIpc) is 2.91. The quantitative estimate of drug-likeness (QED) is 0.648. The number of piperidine rings is 1. The molecule has 2 aromatic rings. The third-order valence-corrected chi connectivity index (χ3v) is 9.07. The van der Waals surface area contributed by atoms with Crippen LogP contribution in [0.5, 0.6) is 5.75 Å². The van der Waals surface area contributed by atoms with Crippen LogP contribution < -0.4 is 11.0 Å². The molecule has 4 aliphatic heterocycles. The van der Waals surface area contributed by atoms with Gasteiger partial charge in [-0.2, -0.15) is 0 Å². The first kappa shape index (κ1) is 24.9. The van der Waals surface area contributed by atoms with Crippen LogP contribution in [0.15, 0.2) is 33.9 Å². The van der Waals surface area contributed by atoms with Gasteiger partial charge in [0.15, 0.2) is 5.75 Å². The molecular weight excluding hydrogens is 470 g/mol. The van der Waals surface area contributed by atoms with Crippen LogP contribution in [0, 0.1) is 5.92 Å². The Morgan fingerprint density at radius 1 is 0.973 bits per heavy atom. The number of rotatable bonds is 5. The first-order valence-electron chi connectivity index (χ1n) is 13.8. The summed E-state index contributed by atoms with van der Waals surface area (Å²) >= 11 is 0. The molecule has 0 radical (unpaired) electrons. The van der Waals surface area contributed by atoms with Crippen molar-refractivity contribution in [2.75, 3.05) is 52.5 Å². The standard InChI is InChI=1S/C28H39N5O4/c1-29-23(18-31-15-20-13-21(17-31)24-3-2-4-27(35)33(24)16-20)14-26(34)28(36)25(29)19-30-7-9-32(10-8-30)22-5-11-37-12-6-22/h2-4,14,20-22,36H,5-13,15-19H2,1H3. The normalized spacial score (nSPS) is 25.8. The van der Waals surface area contributed by atoms with Crippen LogP contribution >= 0.6 is 0 Å². The van der Waals surface area contributed by atoms with E-state index >= 15 is 0 Å². The van der Waals surface area contributed by atoms with Crippen LogP contribution in [0.3, 0.4) is 0 Å². The maximum absolute atomic E-state index is 12.8. The van der Waals surface area contributed by atoms with Gasteiger partial charge in [-0.1, -0.05) is 6.07 Å². The molecule has 0 spiro atoms. The van der Waals surface area contributed by atoms with E-state index in [4.69, 9.17) is 4.74 Å². The molecule has 3 fully saturated rings. The molecule has 6 heterocycles. The number of pyridine rings is 2. The summed E-state index contributed by atoms with van der Waals surface area (Å²) in [6.07, 6.45) is 3.33. The van der Waals surface area contributed by atoms with E-state index in [1.807, 2.05) is 22.2 Å². The predicted octanol–water partition coefficient (Wildman–Crippen LogP) is 1.17. The Hall–Kier alpha value is -2.46. The van der Waals surface area contributed by atoms with Gasteiger partial charge in [0.05, 0.1) is 5.69 Å². The zero-order chi connectivity index (χ0) is 25.5. The van der Waals surface area contributed by atoms with Gasteiger partial charge in [0.25, 0.3) is 5.56 Å². The molecule has 4 aliphatic rings. The van der Waals surface area contributed by atoms with Gasteiger partial charge in [-0.25, -0.2) is 0 Å². The van der Waals surface area contributed by atoms with Gasteiger partial charge in [-0.15, -0.1) is 0 Å². The van der Waals surface area contributed by atoms with E-state index in [1.54, 1.807) is 12.1 Å². The highest BCUT2D eigenvalue weighted by atomic mass is 16.5. The molecule has 2 atom stereocenters. The molecule has 1 N–H and O–H groups in total. The van der Waals surface area contributed by atoms with Crippen molar-refractivity contribution in [1.82, 2.24) is 23.8 Å². The number of nitrogens with zero attached hydrogens (tertiary/aromatic N) is 5. The first-order valence-corrected chi connectivity index (χ1v) is 13.8. The smallest absolute Gasteiger partial charge is 0.250 e. The number of hydrogen-bond acceptors (Lipinski definition) is 7. The Kier molecular flexibility index (Phi) is 6.96. The second kappa shape index (κ2) is 10.4.